The number of nitrogens with one attached hydrogen (secondary N) is 1. The van der Waals surface area contributed by atoms with Crippen LogP contribution >= 0.6 is 15.9 Å². The third kappa shape index (κ3) is 3.41. The Morgan fingerprint density at radius 1 is 1.25 bits per heavy atom. The van der Waals surface area contributed by atoms with Crippen molar-refractivity contribution in [2.24, 2.45) is 5.14 Å². The van der Waals surface area contributed by atoms with Crippen molar-refractivity contribution >= 4 is 37.5 Å². The average molecular weight is 356 g/mol. The maximum atomic E-state index is 11.9. The Morgan fingerprint density at radius 2 is 2.00 bits per heavy atom. The number of carbonyl (C=O) groups is 1. The number of pyridine rings is 1. The number of primary sulfonamides is 1. The highest BCUT2D eigenvalue weighted by atomic mass is 79.9. The Hall–Kier alpha value is -1.77. The minimum absolute atomic E-state index is 0.0415. The van der Waals surface area contributed by atoms with E-state index in [1.165, 1.54) is 24.4 Å². The Labute approximate surface area is 124 Å². The van der Waals surface area contributed by atoms with Gasteiger partial charge in [0.15, 0.2) is 0 Å². The average Bonchev–Trinajstić information content (AvgIpc) is 2.41. The molecule has 1 aromatic carbocycles. The van der Waals surface area contributed by atoms with Crippen molar-refractivity contribution in [2.75, 3.05) is 5.32 Å². The Bertz CT molecular complexity index is 748. The molecule has 0 unspecified atom stereocenters. The van der Waals surface area contributed by atoms with Crippen molar-refractivity contribution in [1.29, 1.82) is 0 Å². The van der Waals surface area contributed by atoms with Crippen molar-refractivity contribution < 1.29 is 13.2 Å². The molecule has 0 spiro atoms. The predicted molar refractivity (Wildman–Crippen MR) is 77.7 cm³/mol. The predicted octanol–water partition coefficient (Wildman–Crippen LogP) is 1.74. The fraction of sp³-hybridized carbons (Fsp3) is 0. The van der Waals surface area contributed by atoms with E-state index in [9.17, 15) is 13.2 Å². The normalized spacial score (nSPS) is 11.1. The van der Waals surface area contributed by atoms with E-state index in [1.54, 1.807) is 18.2 Å². The molecule has 8 heteroatoms. The van der Waals surface area contributed by atoms with E-state index in [0.717, 1.165) is 0 Å². The minimum atomic E-state index is -3.78. The molecular formula is C12H10BrN3O3S. The van der Waals surface area contributed by atoms with Gasteiger partial charge >= 0.3 is 0 Å². The molecule has 2 rings (SSSR count). The third-order valence-electron chi connectivity index (χ3n) is 2.41. The molecule has 1 amide bonds. The molecule has 2 aromatic rings. The summed E-state index contributed by atoms with van der Waals surface area (Å²) in [4.78, 5) is 15.8. The molecule has 3 N–H and O–H groups in total. The lowest BCUT2D eigenvalue weighted by Crippen LogP contribution is -2.15. The maximum Gasteiger partial charge on any atom is 0.274 e. The number of hydrogen-bond acceptors (Lipinski definition) is 4. The number of benzene rings is 1. The first-order valence-corrected chi connectivity index (χ1v) is 7.76. The lowest BCUT2D eigenvalue weighted by molar-refractivity contribution is 0.102. The number of rotatable bonds is 3. The smallest absolute Gasteiger partial charge is 0.274 e. The standard InChI is InChI=1S/C12H10BrN3O3S/c13-9-7-8(20(14,18)19)4-5-10(9)16-12(17)11-3-1-2-6-15-11/h1-7H,(H,16,17)(H2,14,18,19). The van der Waals surface area contributed by atoms with Crippen LogP contribution in [0.1, 0.15) is 10.5 Å². The molecule has 0 saturated heterocycles. The summed E-state index contributed by atoms with van der Waals surface area (Å²) in [5.74, 6) is -0.394. The van der Waals surface area contributed by atoms with Crippen LogP contribution in [0.15, 0.2) is 52.0 Å². The summed E-state index contributed by atoms with van der Waals surface area (Å²) in [6, 6.07) is 9.05. The first-order valence-electron chi connectivity index (χ1n) is 5.42. The van der Waals surface area contributed by atoms with Crippen LogP contribution in [0.4, 0.5) is 5.69 Å². The highest BCUT2D eigenvalue weighted by molar-refractivity contribution is 9.10. The highest BCUT2D eigenvalue weighted by Crippen LogP contribution is 2.25. The van der Waals surface area contributed by atoms with Gasteiger partial charge in [-0.05, 0) is 46.3 Å². The van der Waals surface area contributed by atoms with Gasteiger partial charge in [0.1, 0.15) is 5.69 Å². The topological polar surface area (TPSA) is 102 Å². The molecule has 0 fully saturated rings. The third-order valence-corrected chi connectivity index (χ3v) is 3.98. The molecule has 0 aliphatic rings. The number of carbonyl (C=O) groups excluding carboxylic acids is 1. The monoisotopic (exact) mass is 355 g/mol. The van der Waals surface area contributed by atoms with Crippen LogP contribution in [0.2, 0.25) is 0 Å². The Balaban J connectivity index is 2.25. The number of sulfonamides is 1. The second-order valence-electron chi connectivity index (χ2n) is 3.86. The highest BCUT2D eigenvalue weighted by Gasteiger charge is 2.13. The van der Waals surface area contributed by atoms with E-state index >= 15 is 0 Å². The van der Waals surface area contributed by atoms with Gasteiger partial charge in [-0.2, -0.15) is 0 Å². The van der Waals surface area contributed by atoms with Gasteiger partial charge in [0.25, 0.3) is 5.91 Å². The number of aromatic nitrogens is 1. The molecule has 0 atom stereocenters. The summed E-state index contributed by atoms with van der Waals surface area (Å²) in [5.41, 5.74) is 0.683. The van der Waals surface area contributed by atoms with Gasteiger partial charge in [-0.3, -0.25) is 9.78 Å². The van der Waals surface area contributed by atoms with Gasteiger partial charge in [0.05, 0.1) is 10.6 Å². The quantitative estimate of drug-likeness (QED) is 0.875. The summed E-state index contributed by atoms with van der Waals surface area (Å²) in [6.07, 6.45) is 1.51. The second kappa shape index (κ2) is 5.70. The molecule has 1 aromatic heterocycles. The lowest BCUT2D eigenvalue weighted by atomic mass is 10.3. The number of anilines is 1. The SMILES string of the molecule is NS(=O)(=O)c1ccc(NC(=O)c2ccccn2)c(Br)c1. The maximum absolute atomic E-state index is 11.9. The second-order valence-corrected chi connectivity index (χ2v) is 6.27. The summed E-state index contributed by atoms with van der Waals surface area (Å²) in [7, 11) is -3.78. The zero-order valence-electron chi connectivity index (χ0n) is 10.1. The molecule has 0 radical (unpaired) electrons. The van der Waals surface area contributed by atoms with Crippen LogP contribution in [-0.4, -0.2) is 19.3 Å². The number of amides is 1. The van der Waals surface area contributed by atoms with Crippen LogP contribution < -0.4 is 10.5 Å². The summed E-state index contributed by atoms with van der Waals surface area (Å²) in [6.45, 7) is 0. The van der Waals surface area contributed by atoms with E-state index in [4.69, 9.17) is 5.14 Å². The first-order chi connectivity index (χ1) is 9.38. The van der Waals surface area contributed by atoms with Crippen LogP contribution in [0.25, 0.3) is 0 Å². The number of hydrogen-bond donors (Lipinski definition) is 2. The molecule has 0 bridgehead atoms. The number of nitrogens with zero attached hydrogens (tertiary/aromatic N) is 1. The Morgan fingerprint density at radius 3 is 2.55 bits per heavy atom. The molecule has 0 saturated carbocycles. The van der Waals surface area contributed by atoms with Gasteiger partial charge in [-0.1, -0.05) is 6.07 Å². The number of nitrogens with two attached hydrogens (primary N) is 1. The number of halogens is 1. The Kier molecular flexibility index (Phi) is 4.17. The van der Waals surface area contributed by atoms with Crippen LogP contribution in [0.3, 0.4) is 0 Å². The van der Waals surface area contributed by atoms with Crippen LogP contribution in [0, 0.1) is 0 Å². The summed E-state index contributed by atoms with van der Waals surface area (Å²) < 4.78 is 22.8. The fourth-order valence-electron chi connectivity index (χ4n) is 1.46. The van der Waals surface area contributed by atoms with Crippen molar-refractivity contribution in [2.45, 2.75) is 4.90 Å². The lowest BCUT2D eigenvalue weighted by Gasteiger charge is -2.08. The zero-order chi connectivity index (χ0) is 14.8. The van der Waals surface area contributed by atoms with Crippen LogP contribution in [0.5, 0.6) is 0 Å². The molecule has 1 heterocycles. The van der Waals surface area contributed by atoms with Gasteiger partial charge in [-0.25, -0.2) is 13.6 Å². The van der Waals surface area contributed by atoms with Crippen molar-refractivity contribution in [3.05, 3.63) is 52.8 Å². The minimum Gasteiger partial charge on any atom is -0.320 e. The van der Waals surface area contributed by atoms with Gasteiger partial charge in [0.2, 0.25) is 10.0 Å². The molecule has 6 nitrogen and oxygen atoms in total. The van der Waals surface area contributed by atoms with Crippen molar-refractivity contribution in [3.8, 4) is 0 Å². The van der Waals surface area contributed by atoms with Gasteiger partial charge < -0.3 is 5.32 Å². The van der Waals surface area contributed by atoms with E-state index in [0.29, 0.717) is 10.2 Å². The van der Waals surface area contributed by atoms with Crippen molar-refractivity contribution in [1.82, 2.24) is 4.98 Å². The molecule has 104 valence electrons. The molecule has 0 aliphatic heterocycles. The van der Waals surface area contributed by atoms with Crippen LogP contribution in [-0.2, 0) is 10.0 Å². The van der Waals surface area contributed by atoms with E-state index in [2.05, 4.69) is 26.2 Å². The van der Waals surface area contributed by atoms with E-state index < -0.39 is 15.9 Å². The van der Waals surface area contributed by atoms with Gasteiger partial charge in [-0.15, -0.1) is 0 Å². The van der Waals surface area contributed by atoms with Crippen molar-refractivity contribution in [3.63, 3.8) is 0 Å². The van der Waals surface area contributed by atoms with Gasteiger partial charge in [0, 0.05) is 10.7 Å². The van der Waals surface area contributed by atoms with E-state index in [1.807, 2.05) is 0 Å². The largest absolute Gasteiger partial charge is 0.320 e. The molecule has 20 heavy (non-hydrogen) atoms. The molecule has 0 aliphatic carbocycles. The first kappa shape index (κ1) is 14.6. The summed E-state index contributed by atoms with van der Waals surface area (Å²) in [5, 5.41) is 7.64. The summed E-state index contributed by atoms with van der Waals surface area (Å²) >= 11 is 3.19. The zero-order valence-corrected chi connectivity index (χ0v) is 12.5. The van der Waals surface area contributed by atoms with E-state index in [-0.39, 0.29) is 10.6 Å². The fourth-order valence-corrected chi connectivity index (χ4v) is 2.63. The molecular weight excluding hydrogens is 346 g/mol.